The van der Waals surface area contributed by atoms with E-state index in [9.17, 15) is 4.79 Å². The molecule has 1 heterocycles. The van der Waals surface area contributed by atoms with E-state index in [0.717, 1.165) is 36.9 Å². The van der Waals surface area contributed by atoms with Crippen molar-refractivity contribution in [1.82, 2.24) is 4.98 Å². The molecule has 1 aromatic rings. The van der Waals surface area contributed by atoms with Crippen LogP contribution in [0.4, 0.5) is 0 Å². The Morgan fingerprint density at radius 1 is 1.30 bits per heavy atom. The molecule has 0 saturated heterocycles. The predicted molar refractivity (Wildman–Crippen MR) is 77.7 cm³/mol. The van der Waals surface area contributed by atoms with Gasteiger partial charge in [0.05, 0.1) is 0 Å². The molecule has 1 aliphatic carbocycles. The number of carbonyl (C=O) groups excluding carboxylic acids is 1. The lowest BCUT2D eigenvalue weighted by Crippen LogP contribution is -2.38. The first-order valence-electron chi connectivity index (χ1n) is 7.19. The van der Waals surface area contributed by atoms with Gasteiger partial charge in [0.1, 0.15) is 11.7 Å². The number of amides is 1. The molecule has 0 radical (unpaired) electrons. The molecule has 4 N–H and O–H groups in total. The zero-order valence-corrected chi connectivity index (χ0v) is 12.2. The highest BCUT2D eigenvalue weighted by Gasteiger charge is 2.25. The van der Waals surface area contributed by atoms with E-state index in [2.05, 4.69) is 4.98 Å². The number of primary amides is 1. The fourth-order valence-corrected chi connectivity index (χ4v) is 2.78. The van der Waals surface area contributed by atoms with Gasteiger partial charge in [-0.05, 0) is 44.7 Å². The van der Waals surface area contributed by atoms with Crippen molar-refractivity contribution < 1.29 is 9.53 Å². The molecule has 0 aromatic carbocycles. The Bertz CT molecular complexity index is 502. The molecule has 0 bridgehead atoms. The minimum absolute atomic E-state index is 0.0131. The lowest BCUT2D eigenvalue weighted by Gasteiger charge is -2.23. The maximum atomic E-state index is 11.6. The van der Waals surface area contributed by atoms with Crippen LogP contribution in [0.1, 0.15) is 53.7 Å². The van der Waals surface area contributed by atoms with Crippen LogP contribution in [0.15, 0.2) is 6.07 Å². The Balaban J connectivity index is 2.29. The summed E-state index contributed by atoms with van der Waals surface area (Å²) in [5.41, 5.74) is 13.6. The van der Waals surface area contributed by atoms with Gasteiger partial charge in [0.2, 0.25) is 5.88 Å². The van der Waals surface area contributed by atoms with Gasteiger partial charge in [-0.25, -0.2) is 4.98 Å². The average Bonchev–Trinajstić information content (AvgIpc) is 2.53. The Morgan fingerprint density at radius 2 is 2.00 bits per heavy atom. The molecule has 5 heteroatoms. The van der Waals surface area contributed by atoms with Gasteiger partial charge in [-0.3, -0.25) is 4.79 Å². The van der Waals surface area contributed by atoms with Gasteiger partial charge >= 0.3 is 0 Å². The molecule has 2 rings (SSSR count). The van der Waals surface area contributed by atoms with Gasteiger partial charge < -0.3 is 16.2 Å². The van der Waals surface area contributed by atoms with Crippen molar-refractivity contribution >= 4 is 5.91 Å². The number of aryl methyl sites for hydroxylation is 2. The smallest absolute Gasteiger partial charge is 0.254 e. The van der Waals surface area contributed by atoms with Gasteiger partial charge in [0, 0.05) is 11.7 Å². The van der Waals surface area contributed by atoms with Crippen LogP contribution in [-0.4, -0.2) is 23.0 Å². The summed E-state index contributed by atoms with van der Waals surface area (Å²) in [7, 11) is 0. The van der Waals surface area contributed by atoms with E-state index in [-0.39, 0.29) is 12.1 Å². The quantitative estimate of drug-likeness (QED) is 0.825. The molecule has 2 atom stereocenters. The predicted octanol–water partition coefficient (Wildman–Crippen LogP) is 1.84. The first-order chi connectivity index (χ1) is 9.49. The minimum atomic E-state index is -0.507. The van der Waals surface area contributed by atoms with E-state index < -0.39 is 5.91 Å². The van der Waals surface area contributed by atoms with Crippen molar-refractivity contribution in [3.8, 4) is 5.88 Å². The third kappa shape index (κ3) is 3.28. The molecule has 110 valence electrons. The molecule has 1 saturated carbocycles. The van der Waals surface area contributed by atoms with Gasteiger partial charge in [-0.15, -0.1) is 0 Å². The van der Waals surface area contributed by atoms with Crippen molar-refractivity contribution in [3.05, 3.63) is 22.9 Å². The second-order valence-electron chi connectivity index (χ2n) is 5.58. The van der Waals surface area contributed by atoms with E-state index in [1.807, 2.05) is 19.9 Å². The molecular formula is C15H23N3O2. The van der Waals surface area contributed by atoms with Gasteiger partial charge in [-0.1, -0.05) is 12.8 Å². The Morgan fingerprint density at radius 3 is 2.70 bits per heavy atom. The first kappa shape index (κ1) is 14.8. The largest absolute Gasteiger partial charge is 0.472 e. The molecule has 1 aromatic heterocycles. The molecule has 1 amide bonds. The molecule has 1 aliphatic rings. The number of rotatable bonds is 3. The van der Waals surface area contributed by atoms with Gasteiger partial charge in [0.15, 0.2) is 0 Å². The third-order valence-electron chi connectivity index (χ3n) is 3.82. The normalized spacial score (nSPS) is 23.1. The highest BCUT2D eigenvalue weighted by molar-refractivity contribution is 5.96. The second kappa shape index (κ2) is 6.22. The number of ether oxygens (including phenoxy) is 1. The Labute approximate surface area is 119 Å². The standard InChI is InChI=1S/C15H23N3O2/c1-9-8-10(2)18-15(13(9)14(17)19)20-12-7-5-3-4-6-11(12)16/h8,11-12H,3-7,16H2,1-2H3,(H2,17,19). The van der Waals surface area contributed by atoms with Crippen LogP contribution >= 0.6 is 0 Å². The average molecular weight is 277 g/mol. The Hall–Kier alpha value is -1.62. The number of pyridine rings is 1. The van der Waals surface area contributed by atoms with Gasteiger partial charge in [0.25, 0.3) is 5.91 Å². The molecule has 0 spiro atoms. The molecule has 20 heavy (non-hydrogen) atoms. The van der Waals surface area contributed by atoms with Crippen molar-refractivity contribution in [1.29, 1.82) is 0 Å². The lowest BCUT2D eigenvalue weighted by molar-refractivity contribution is 0.0985. The SMILES string of the molecule is Cc1cc(C)c(C(N)=O)c(OC2CCCCCC2N)n1. The summed E-state index contributed by atoms with van der Waals surface area (Å²) in [6.07, 6.45) is 5.15. The van der Waals surface area contributed by atoms with E-state index >= 15 is 0 Å². The van der Waals surface area contributed by atoms with E-state index in [4.69, 9.17) is 16.2 Å². The highest BCUT2D eigenvalue weighted by Crippen LogP contribution is 2.25. The van der Waals surface area contributed by atoms with E-state index in [1.165, 1.54) is 6.42 Å². The molecular weight excluding hydrogens is 254 g/mol. The number of hydrogen-bond donors (Lipinski definition) is 2. The maximum Gasteiger partial charge on any atom is 0.254 e. The van der Waals surface area contributed by atoms with Crippen LogP contribution < -0.4 is 16.2 Å². The van der Waals surface area contributed by atoms with Crippen molar-refractivity contribution in [2.24, 2.45) is 11.5 Å². The first-order valence-corrected chi connectivity index (χ1v) is 7.19. The fraction of sp³-hybridized carbons (Fsp3) is 0.600. The van der Waals surface area contributed by atoms with Crippen molar-refractivity contribution in [3.63, 3.8) is 0 Å². The number of carbonyl (C=O) groups is 1. The van der Waals surface area contributed by atoms with Crippen LogP contribution in [0, 0.1) is 13.8 Å². The molecule has 0 aliphatic heterocycles. The Kier molecular flexibility index (Phi) is 4.60. The summed E-state index contributed by atoms with van der Waals surface area (Å²) in [6.45, 7) is 3.71. The number of hydrogen-bond acceptors (Lipinski definition) is 4. The van der Waals surface area contributed by atoms with Crippen molar-refractivity contribution in [2.75, 3.05) is 0 Å². The van der Waals surface area contributed by atoms with Crippen LogP contribution in [0.2, 0.25) is 0 Å². The summed E-state index contributed by atoms with van der Waals surface area (Å²) in [4.78, 5) is 16.0. The monoisotopic (exact) mass is 277 g/mol. The summed E-state index contributed by atoms with van der Waals surface area (Å²) in [5, 5.41) is 0. The zero-order valence-electron chi connectivity index (χ0n) is 12.2. The number of nitrogens with two attached hydrogens (primary N) is 2. The number of nitrogens with zero attached hydrogens (tertiary/aromatic N) is 1. The summed E-state index contributed by atoms with van der Waals surface area (Å²) in [5.74, 6) is -0.176. The topological polar surface area (TPSA) is 91.2 Å². The lowest BCUT2D eigenvalue weighted by atomic mass is 10.1. The summed E-state index contributed by atoms with van der Waals surface area (Å²) in [6, 6.07) is 1.82. The van der Waals surface area contributed by atoms with Gasteiger partial charge in [-0.2, -0.15) is 0 Å². The minimum Gasteiger partial charge on any atom is -0.472 e. The maximum absolute atomic E-state index is 11.6. The van der Waals surface area contributed by atoms with E-state index in [1.54, 1.807) is 0 Å². The fourth-order valence-electron chi connectivity index (χ4n) is 2.78. The van der Waals surface area contributed by atoms with Crippen LogP contribution in [0.3, 0.4) is 0 Å². The molecule has 1 fully saturated rings. The van der Waals surface area contributed by atoms with E-state index in [0.29, 0.717) is 11.4 Å². The summed E-state index contributed by atoms with van der Waals surface area (Å²) < 4.78 is 5.96. The van der Waals surface area contributed by atoms with Crippen LogP contribution in [0.25, 0.3) is 0 Å². The van der Waals surface area contributed by atoms with Crippen LogP contribution in [-0.2, 0) is 0 Å². The molecule has 5 nitrogen and oxygen atoms in total. The highest BCUT2D eigenvalue weighted by atomic mass is 16.5. The second-order valence-corrected chi connectivity index (χ2v) is 5.58. The number of aromatic nitrogens is 1. The third-order valence-corrected chi connectivity index (χ3v) is 3.82. The van der Waals surface area contributed by atoms with Crippen molar-refractivity contribution in [2.45, 2.75) is 58.1 Å². The van der Waals surface area contributed by atoms with Crippen LogP contribution in [0.5, 0.6) is 5.88 Å². The molecule has 2 unspecified atom stereocenters. The summed E-state index contributed by atoms with van der Waals surface area (Å²) >= 11 is 0. The zero-order chi connectivity index (χ0) is 14.7.